The van der Waals surface area contributed by atoms with Crippen LogP contribution < -0.4 is 5.73 Å². The first-order chi connectivity index (χ1) is 16.5. The average Bonchev–Trinajstić information content (AvgIpc) is 2.82. The number of rotatable bonds is 3. The minimum Gasteiger partial charge on any atom is -0.444 e. The molecule has 2 aliphatic rings. The molecule has 0 bridgehead atoms. The van der Waals surface area contributed by atoms with Crippen molar-refractivity contribution in [3.63, 3.8) is 0 Å². The number of carbonyl (C=O) groups is 2. The fourth-order valence-corrected chi connectivity index (χ4v) is 4.84. The van der Waals surface area contributed by atoms with Crippen molar-refractivity contribution in [2.75, 3.05) is 20.2 Å². The Morgan fingerprint density at radius 2 is 1.83 bits per heavy atom. The first-order valence-corrected chi connectivity index (χ1v) is 12.0. The second-order valence-electron chi connectivity index (χ2n) is 10.3. The lowest BCUT2D eigenvalue weighted by molar-refractivity contribution is -0.152. The molecule has 7 nitrogen and oxygen atoms in total. The Morgan fingerprint density at radius 1 is 1.14 bits per heavy atom. The molecule has 2 aromatic rings. The van der Waals surface area contributed by atoms with Crippen molar-refractivity contribution in [2.24, 2.45) is 5.73 Å². The fourth-order valence-electron chi connectivity index (χ4n) is 4.84. The number of amides is 2. The van der Waals surface area contributed by atoms with Gasteiger partial charge in [-0.25, -0.2) is 9.18 Å². The normalized spacial score (nSPS) is 24.5. The van der Waals surface area contributed by atoms with Gasteiger partial charge in [0.15, 0.2) is 0 Å². The zero-order valence-corrected chi connectivity index (χ0v) is 20.7. The first-order valence-electron chi connectivity index (χ1n) is 12.0. The summed E-state index contributed by atoms with van der Waals surface area (Å²) in [7, 11) is 1.64. The summed E-state index contributed by atoms with van der Waals surface area (Å²) in [5.41, 5.74) is 8.86. The summed E-state index contributed by atoms with van der Waals surface area (Å²) >= 11 is 0. The standard InChI is InChI=1S/C27H34FN3O4/c1-27(2,3)35-26(33)30(4)22-16-34-23(15-21(22)29)25(32)31-14-13-17-7-5-6-8-20(17)24(31)18-9-11-19(28)12-10-18/h5-12,21-24H,13-16,29H2,1-4H3/t21-,22-,23+,24-/m0/s1. The number of nitrogens with two attached hydrogens (primary N) is 1. The van der Waals surface area contributed by atoms with Gasteiger partial charge in [-0.2, -0.15) is 0 Å². The van der Waals surface area contributed by atoms with Gasteiger partial charge in [-0.15, -0.1) is 0 Å². The second-order valence-corrected chi connectivity index (χ2v) is 10.3. The van der Waals surface area contributed by atoms with Gasteiger partial charge in [-0.3, -0.25) is 4.79 Å². The van der Waals surface area contributed by atoms with E-state index in [1.165, 1.54) is 22.6 Å². The van der Waals surface area contributed by atoms with Crippen molar-refractivity contribution in [3.05, 3.63) is 71.0 Å². The molecule has 8 heteroatoms. The summed E-state index contributed by atoms with van der Waals surface area (Å²) in [6, 6.07) is 13.1. The molecule has 0 saturated carbocycles. The van der Waals surface area contributed by atoms with Crippen molar-refractivity contribution < 1.29 is 23.5 Å². The van der Waals surface area contributed by atoms with Crippen LogP contribution in [0, 0.1) is 5.82 Å². The molecule has 35 heavy (non-hydrogen) atoms. The molecule has 2 heterocycles. The average molecular weight is 484 g/mol. The van der Waals surface area contributed by atoms with E-state index < -0.39 is 29.9 Å². The lowest BCUT2D eigenvalue weighted by Crippen LogP contribution is -2.59. The van der Waals surface area contributed by atoms with Crippen LogP contribution in [0.5, 0.6) is 0 Å². The summed E-state index contributed by atoms with van der Waals surface area (Å²) in [6.45, 7) is 6.07. The smallest absolute Gasteiger partial charge is 0.410 e. The minimum atomic E-state index is -0.721. The van der Waals surface area contributed by atoms with Crippen LogP contribution in [-0.4, -0.2) is 65.8 Å². The highest BCUT2D eigenvalue weighted by atomic mass is 19.1. The molecule has 0 aliphatic carbocycles. The Hall–Kier alpha value is -2.97. The molecule has 2 N–H and O–H groups in total. The summed E-state index contributed by atoms with van der Waals surface area (Å²) in [5, 5.41) is 0. The van der Waals surface area contributed by atoms with E-state index in [2.05, 4.69) is 6.07 Å². The topological polar surface area (TPSA) is 85.1 Å². The molecule has 4 atom stereocenters. The van der Waals surface area contributed by atoms with Gasteiger partial charge in [0.2, 0.25) is 0 Å². The molecule has 0 radical (unpaired) electrons. The number of carbonyl (C=O) groups excluding carboxylic acids is 2. The van der Waals surface area contributed by atoms with Crippen LogP contribution in [0.3, 0.4) is 0 Å². The van der Waals surface area contributed by atoms with Gasteiger partial charge in [-0.1, -0.05) is 36.4 Å². The third-order valence-electron chi connectivity index (χ3n) is 6.66. The van der Waals surface area contributed by atoms with E-state index >= 15 is 0 Å². The fraction of sp³-hybridized carbons (Fsp3) is 0.481. The van der Waals surface area contributed by atoms with Crippen LogP contribution >= 0.6 is 0 Å². The monoisotopic (exact) mass is 483 g/mol. The summed E-state index contributed by atoms with van der Waals surface area (Å²) < 4.78 is 25.1. The number of benzene rings is 2. The number of fused-ring (bicyclic) bond motifs is 1. The third kappa shape index (κ3) is 5.49. The first kappa shape index (κ1) is 25.1. The van der Waals surface area contributed by atoms with Crippen molar-refractivity contribution in [1.29, 1.82) is 0 Å². The minimum absolute atomic E-state index is 0.138. The summed E-state index contributed by atoms with van der Waals surface area (Å²) in [4.78, 5) is 29.5. The molecule has 1 saturated heterocycles. The van der Waals surface area contributed by atoms with Gasteiger partial charge in [0.1, 0.15) is 17.5 Å². The van der Waals surface area contributed by atoms with Gasteiger partial charge in [0, 0.05) is 19.6 Å². The van der Waals surface area contributed by atoms with E-state index in [4.69, 9.17) is 15.2 Å². The van der Waals surface area contributed by atoms with Crippen LogP contribution in [0.2, 0.25) is 0 Å². The summed E-state index contributed by atoms with van der Waals surface area (Å²) in [5.74, 6) is -0.472. The van der Waals surface area contributed by atoms with E-state index in [0.29, 0.717) is 6.54 Å². The lowest BCUT2D eigenvalue weighted by atomic mass is 9.87. The molecule has 2 amide bonds. The van der Waals surface area contributed by atoms with Crippen molar-refractivity contribution in [2.45, 2.75) is 63.4 Å². The predicted octanol–water partition coefficient (Wildman–Crippen LogP) is 3.65. The van der Waals surface area contributed by atoms with Crippen LogP contribution in [-0.2, 0) is 20.7 Å². The highest BCUT2D eigenvalue weighted by Crippen LogP contribution is 2.36. The van der Waals surface area contributed by atoms with Gasteiger partial charge in [-0.05, 0) is 62.4 Å². The Kier molecular flexibility index (Phi) is 7.15. The molecule has 0 unspecified atom stereocenters. The van der Waals surface area contributed by atoms with E-state index in [1.54, 1.807) is 40.0 Å². The highest BCUT2D eigenvalue weighted by Gasteiger charge is 2.41. The maximum Gasteiger partial charge on any atom is 0.410 e. The van der Waals surface area contributed by atoms with Crippen LogP contribution in [0.25, 0.3) is 0 Å². The van der Waals surface area contributed by atoms with E-state index in [9.17, 15) is 14.0 Å². The lowest BCUT2D eigenvalue weighted by Gasteiger charge is -2.43. The van der Waals surface area contributed by atoms with Crippen molar-refractivity contribution >= 4 is 12.0 Å². The molecule has 1 fully saturated rings. The Labute approximate surface area is 206 Å². The Bertz CT molecular complexity index is 1070. The molecule has 2 aliphatic heterocycles. The number of hydrogen-bond donors (Lipinski definition) is 1. The SMILES string of the molecule is CN(C(=O)OC(C)(C)C)[C@H]1CO[C@@H](C(=O)N2CCc3ccccc3[C@@H]2c2ccc(F)cc2)C[C@@H]1N. The van der Waals surface area contributed by atoms with Crippen LogP contribution in [0.1, 0.15) is 49.9 Å². The van der Waals surface area contributed by atoms with E-state index in [-0.39, 0.29) is 30.8 Å². The van der Waals surface area contributed by atoms with Crippen LogP contribution in [0.4, 0.5) is 9.18 Å². The number of nitrogens with zero attached hydrogens (tertiary/aromatic N) is 2. The van der Waals surface area contributed by atoms with Crippen molar-refractivity contribution in [3.8, 4) is 0 Å². The largest absolute Gasteiger partial charge is 0.444 e. The highest BCUT2D eigenvalue weighted by molar-refractivity contribution is 5.82. The number of likely N-dealkylation sites (N-methyl/N-ethyl adjacent to an activating group) is 1. The number of ether oxygens (including phenoxy) is 2. The number of halogens is 1. The quantitative estimate of drug-likeness (QED) is 0.720. The molecule has 2 aromatic carbocycles. The van der Waals surface area contributed by atoms with Crippen LogP contribution in [0.15, 0.2) is 48.5 Å². The molecule has 0 spiro atoms. The maximum absolute atomic E-state index is 13.7. The Morgan fingerprint density at radius 3 is 2.49 bits per heavy atom. The van der Waals surface area contributed by atoms with Gasteiger partial charge in [0.05, 0.1) is 18.7 Å². The predicted molar refractivity (Wildman–Crippen MR) is 130 cm³/mol. The Balaban J connectivity index is 1.52. The second kappa shape index (κ2) is 9.95. The van der Waals surface area contributed by atoms with Gasteiger partial charge >= 0.3 is 6.09 Å². The van der Waals surface area contributed by atoms with Crippen molar-refractivity contribution in [1.82, 2.24) is 9.80 Å². The maximum atomic E-state index is 13.7. The zero-order chi connectivity index (χ0) is 25.3. The summed E-state index contributed by atoms with van der Waals surface area (Å²) in [6.07, 6.45) is -0.190. The van der Waals surface area contributed by atoms with Gasteiger partial charge in [0.25, 0.3) is 5.91 Å². The molecule has 188 valence electrons. The molecule has 0 aromatic heterocycles. The molecular weight excluding hydrogens is 449 g/mol. The van der Waals surface area contributed by atoms with E-state index in [1.807, 2.05) is 23.1 Å². The zero-order valence-electron chi connectivity index (χ0n) is 20.7. The molecule has 4 rings (SSSR count). The van der Waals surface area contributed by atoms with Gasteiger partial charge < -0.3 is 25.0 Å². The molecular formula is C27H34FN3O4. The third-order valence-corrected chi connectivity index (χ3v) is 6.66. The van der Waals surface area contributed by atoms with E-state index in [0.717, 1.165) is 17.5 Å². The number of hydrogen-bond acceptors (Lipinski definition) is 5.